The van der Waals surface area contributed by atoms with Gasteiger partial charge in [-0.15, -0.1) is 0 Å². The third-order valence-electron chi connectivity index (χ3n) is 5.00. The zero-order chi connectivity index (χ0) is 18.1. The quantitative estimate of drug-likeness (QED) is 0.343. The van der Waals surface area contributed by atoms with Gasteiger partial charge in [-0.25, -0.2) is 0 Å². The third-order valence-corrected chi connectivity index (χ3v) is 6.14. The van der Waals surface area contributed by atoms with Crippen LogP contribution in [0.4, 0.5) is 11.4 Å². The van der Waals surface area contributed by atoms with E-state index in [0.717, 1.165) is 0 Å². The van der Waals surface area contributed by atoms with Gasteiger partial charge in [-0.1, -0.05) is 96.7 Å². The van der Waals surface area contributed by atoms with Crippen LogP contribution in [0.1, 0.15) is 22.6 Å². The topological polar surface area (TPSA) is 12.0 Å². The smallest absolute Gasteiger partial charge is 0.0568 e. The molecule has 4 aromatic carbocycles. The van der Waals surface area contributed by atoms with E-state index in [2.05, 4.69) is 108 Å². The van der Waals surface area contributed by atoms with Crippen molar-refractivity contribution in [1.29, 1.82) is 0 Å². The van der Waals surface area contributed by atoms with Gasteiger partial charge in [-0.3, -0.25) is 0 Å². The molecular formula is C25H19NS. The molecule has 0 atom stereocenters. The number of hydrogen-bond donors (Lipinski definition) is 1. The van der Waals surface area contributed by atoms with Crippen LogP contribution in [0.25, 0.3) is 0 Å². The van der Waals surface area contributed by atoms with Gasteiger partial charge in [-0.2, -0.15) is 0 Å². The number of benzene rings is 4. The average molecular weight is 366 g/mol. The van der Waals surface area contributed by atoms with Crippen molar-refractivity contribution in [3.05, 3.63) is 120 Å². The van der Waals surface area contributed by atoms with Crippen molar-refractivity contribution in [2.75, 3.05) is 5.32 Å². The second-order valence-corrected chi connectivity index (χ2v) is 7.78. The summed E-state index contributed by atoms with van der Waals surface area (Å²) in [5.74, 6) is 0.195. The van der Waals surface area contributed by atoms with Gasteiger partial charge in [0.2, 0.25) is 0 Å². The third kappa shape index (κ3) is 3.02. The molecule has 1 aliphatic rings. The molecule has 0 aromatic heterocycles. The first kappa shape index (κ1) is 16.2. The molecule has 1 N–H and O–H groups in total. The van der Waals surface area contributed by atoms with Crippen molar-refractivity contribution >= 4 is 23.1 Å². The monoisotopic (exact) mass is 365 g/mol. The van der Waals surface area contributed by atoms with Gasteiger partial charge in [0.15, 0.2) is 0 Å². The first-order chi connectivity index (χ1) is 13.4. The Morgan fingerprint density at radius 1 is 0.556 bits per heavy atom. The molecule has 4 aromatic rings. The molecule has 2 heteroatoms. The van der Waals surface area contributed by atoms with Crippen LogP contribution in [0.5, 0.6) is 0 Å². The average Bonchev–Trinajstić information content (AvgIpc) is 2.74. The Hall–Kier alpha value is -2.97. The number of anilines is 2. The summed E-state index contributed by atoms with van der Waals surface area (Å²) < 4.78 is 0. The van der Waals surface area contributed by atoms with Crippen LogP contribution in [0.3, 0.4) is 0 Å². The Labute approximate surface area is 164 Å². The zero-order valence-corrected chi connectivity index (χ0v) is 15.6. The Bertz CT molecular complexity index is 1030. The summed E-state index contributed by atoms with van der Waals surface area (Å²) in [6.07, 6.45) is 0. The lowest BCUT2D eigenvalue weighted by atomic mass is 9.84. The zero-order valence-electron chi connectivity index (χ0n) is 14.8. The SMILES string of the molecule is c1ccc(C(c2ccccc2)c2cccc3c2Nc2ccccc2S3)cc1. The molecule has 5 rings (SSSR count). The van der Waals surface area contributed by atoms with Gasteiger partial charge in [0.25, 0.3) is 0 Å². The molecule has 0 saturated carbocycles. The minimum atomic E-state index is 0.195. The highest BCUT2D eigenvalue weighted by molar-refractivity contribution is 7.99. The lowest BCUT2D eigenvalue weighted by Crippen LogP contribution is -2.09. The molecule has 130 valence electrons. The minimum Gasteiger partial charge on any atom is -0.353 e. The van der Waals surface area contributed by atoms with E-state index < -0.39 is 0 Å². The predicted octanol–water partition coefficient (Wildman–Crippen LogP) is 7.08. The van der Waals surface area contributed by atoms with Gasteiger partial charge in [0.1, 0.15) is 0 Å². The second kappa shape index (κ2) is 6.98. The fraction of sp³-hybridized carbons (Fsp3) is 0.0400. The van der Waals surface area contributed by atoms with E-state index in [1.165, 1.54) is 37.9 Å². The van der Waals surface area contributed by atoms with Gasteiger partial charge in [-0.05, 0) is 34.9 Å². The summed E-state index contributed by atoms with van der Waals surface area (Å²) in [5.41, 5.74) is 6.33. The largest absolute Gasteiger partial charge is 0.353 e. The standard InChI is InChI=1S/C25H19NS/c1-3-10-18(11-4-1)24(19-12-5-2-6-13-19)20-14-9-17-23-25(20)26-21-15-7-8-16-22(21)27-23/h1-17,24,26H. The lowest BCUT2D eigenvalue weighted by molar-refractivity contribution is 0.971. The Morgan fingerprint density at radius 2 is 1.15 bits per heavy atom. The molecule has 0 amide bonds. The normalized spacial score (nSPS) is 12.2. The fourth-order valence-corrected chi connectivity index (χ4v) is 4.79. The van der Waals surface area contributed by atoms with Gasteiger partial charge in [0.05, 0.1) is 11.4 Å². The number of hydrogen-bond acceptors (Lipinski definition) is 2. The van der Waals surface area contributed by atoms with Crippen LogP contribution in [-0.4, -0.2) is 0 Å². The minimum absolute atomic E-state index is 0.195. The Morgan fingerprint density at radius 3 is 1.85 bits per heavy atom. The van der Waals surface area contributed by atoms with E-state index in [1.807, 2.05) is 11.8 Å². The van der Waals surface area contributed by atoms with E-state index in [9.17, 15) is 0 Å². The molecule has 0 spiro atoms. The molecule has 0 aliphatic carbocycles. The summed E-state index contributed by atoms with van der Waals surface area (Å²) >= 11 is 1.84. The molecule has 0 bridgehead atoms. The molecule has 0 radical (unpaired) electrons. The highest BCUT2D eigenvalue weighted by atomic mass is 32.2. The number of fused-ring (bicyclic) bond motifs is 2. The van der Waals surface area contributed by atoms with Gasteiger partial charge >= 0.3 is 0 Å². The highest BCUT2D eigenvalue weighted by Gasteiger charge is 2.24. The number of para-hydroxylation sites is 2. The van der Waals surface area contributed by atoms with Crippen LogP contribution in [0, 0.1) is 0 Å². The van der Waals surface area contributed by atoms with Crippen molar-refractivity contribution in [2.45, 2.75) is 15.7 Å². The Kier molecular flexibility index (Phi) is 4.19. The second-order valence-electron chi connectivity index (χ2n) is 6.70. The molecule has 27 heavy (non-hydrogen) atoms. The molecule has 0 fully saturated rings. The van der Waals surface area contributed by atoms with Crippen LogP contribution >= 0.6 is 11.8 Å². The number of rotatable bonds is 3. The lowest BCUT2D eigenvalue weighted by Gasteiger charge is -2.27. The van der Waals surface area contributed by atoms with Crippen LogP contribution in [0.15, 0.2) is 113 Å². The first-order valence-corrected chi connectivity index (χ1v) is 9.98. The van der Waals surface area contributed by atoms with E-state index in [4.69, 9.17) is 0 Å². The van der Waals surface area contributed by atoms with Crippen molar-refractivity contribution in [2.24, 2.45) is 0 Å². The van der Waals surface area contributed by atoms with E-state index in [1.54, 1.807) is 0 Å². The van der Waals surface area contributed by atoms with Crippen molar-refractivity contribution in [1.82, 2.24) is 0 Å². The van der Waals surface area contributed by atoms with Crippen LogP contribution in [-0.2, 0) is 0 Å². The van der Waals surface area contributed by atoms with Crippen molar-refractivity contribution in [3.8, 4) is 0 Å². The number of nitrogens with one attached hydrogen (secondary N) is 1. The van der Waals surface area contributed by atoms with Crippen LogP contribution in [0.2, 0.25) is 0 Å². The summed E-state index contributed by atoms with van der Waals surface area (Å²) in [6.45, 7) is 0. The molecule has 1 aliphatic heterocycles. The molecule has 0 unspecified atom stereocenters. The fourth-order valence-electron chi connectivity index (χ4n) is 3.76. The molecule has 1 heterocycles. The van der Waals surface area contributed by atoms with Gasteiger partial charge < -0.3 is 5.32 Å². The van der Waals surface area contributed by atoms with Gasteiger partial charge in [0, 0.05) is 15.7 Å². The van der Waals surface area contributed by atoms with E-state index in [-0.39, 0.29) is 5.92 Å². The maximum Gasteiger partial charge on any atom is 0.0568 e. The van der Waals surface area contributed by atoms with Crippen molar-refractivity contribution in [3.63, 3.8) is 0 Å². The maximum absolute atomic E-state index is 3.71. The summed E-state index contributed by atoms with van der Waals surface area (Å²) in [4.78, 5) is 2.56. The molecule has 1 nitrogen and oxygen atoms in total. The summed E-state index contributed by atoms with van der Waals surface area (Å²) in [7, 11) is 0. The summed E-state index contributed by atoms with van der Waals surface area (Å²) in [5, 5.41) is 3.71. The first-order valence-electron chi connectivity index (χ1n) is 9.17. The maximum atomic E-state index is 3.71. The summed E-state index contributed by atoms with van der Waals surface area (Å²) in [6, 6.07) is 36.7. The van der Waals surface area contributed by atoms with Crippen molar-refractivity contribution < 1.29 is 0 Å². The van der Waals surface area contributed by atoms with Crippen LogP contribution < -0.4 is 5.32 Å². The Balaban J connectivity index is 1.69. The van der Waals surface area contributed by atoms with E-state index >= 15 is 0 Å². The highest BCUT2D eigenvalue weighted by Crippen LogP contribution is 2.48. The molecule has 0 saturated heterocycles. The molecular weight excluding hydrogens is 346 g/mol. The van der Waals surface area contributed by atoms with E-state index in [0.29, 0.717) is 0 Å². The predicted molar refractivity (Wildman–Crippen MR) is 114 cm³/mol.